The standard InChI is InChI=1S/C26H28BrF2N3O/c1-3-6-17(20-14-19(28)8-9-22(20)29)15-30-26(33)24-16(2)25(32-11-4-5-12-32)31-23-10-7-18(27)13-21(23)24/h7-10,13-14,17H,3-6,11-12,15H2,1-2H3,(H,30,33). The van der Waals surface area contributed by atoms with Gasteiger partial charge < -0.3 is 10.2 Å². The molecule has 1 saturated heterocycles. The summed E-state index contributed by atoms with van der Waals surface area (Å²) in [5, 5.41) is 3.78. The van der Waals surface area contributed by atoms with Crippen molar-refractivity contribution in [1.82, 2.24) is 10.3 Å². The molecule has 4 nitrogen and oxygen atoms in total. The van der Waals surface area contributed by atoms with Gasteiger partial charge in [-0.2, -0.15) is 0 Å². The van der Waals surface area contributed by atoms with Gasteiger partial charge in [0.2, 0.25) is 0 Å². The van der Waals surface area contributed by atoms with E-state index in [-0.39, 0.29) is 18.4 Å². The number of pyridine rings is 1. The molecule has 1 atom stereocenters. The summed E-state index contributed by atoms with van der Waals surface area (Å²) in [6.45, 7) is 6.00. The van der Waals surface area contributed by atoms with E-state index >= 15 is 0 Å². The van der Waals surface area contributed by atoms with Gasteiger partial charge in [0, 0.05) is 41.0 Å². The van der Waals surface area contributed by atoms with E-state index in [0.717, 1.165) is 71.2 Å². The molecule has 1 aliphatic rings. The smallest absolute Gasteiger partial charge is 0.252 e. The maximum Gasteiger partial charge on any atom is 0.252 e. The number of hydrogen-bond donors (Lipinski definition) is 1. The van der Waals surface area contributed by atoms with E-state index in [1.54, 1.807) is 0 Å². The molecule has 1 aromatic heterocycles. The Morgan fingerprint density at radius 3 is 2.67 bits per heavy atom. The van der Waals surface area contributed by atoms with Gasteiger partial charge >= 0.3 is 0 Å². The Morgan fingerprint density at radius 1 is 1.18 bits per heavy atom. The Hall–Kier alpha value is -2.54. The molecule has 0 aliphatic carbocycles. The number of amides is 1. The second-order valence-electron chi connectivity index (χ2n) is 8.65. The van der Waals surface area contributed by atoms with Gasteiger partial charge in [0.05, 0.1) is 11.1 Å². The summed E-state index contributed by atoms with van der Waals surface area (Å²) in [7, 11) is 0. The van der Waals surface area contributed by atoms with Gasteiger partial charge in [-0.3, -0.25) is 4.79 Å². The monoisotopic (exact) mass is 515 g/mol. The van der Waals surface area contributed by atoms with Crippen molar-refractivity contribution in [3.63, 3.8) is 0 Å². The van der Waals surface area contributed by atoms with E-state index in [1.807, 2.05) is 32.0 Å². The zero-order valence-corrected chi connectivity index (χ0v) is 20.5. The molecule has 1 unspecified atom stereocenters. The maximum absolute atomic E-state index is 14.4. The summed E-state index contributed by atoms with van der Waals surface area (Å²) in [6, 6.07) is 9.24. The van der Waals surface area contributed by atoms with Crippen LogP contribution in [0.3, 0.4) is 0 Å². The van der Waals surface area contributed by atoms with Crippen molar-refractivity contribution in [3.8, 4) is 0 Å². The van der Waals surface area contributed by atoms with Crippen molar-refractivity contribution in [1.29, 1.82) is 0 Å². The molecule has 0 saturated carbocycles. The van der Waals surface area contributed by atoms with E-state index < -0.39 is 11.6 Å². The summed E-state index contributed by atoms with van der Waals surface area (Å²) >= 11 is 3.51. The number of hydrogen-bond acceptors (Lipinski definition) is 3. The van der Waals surface area contributed by atoms with Gasteiger partial charge in [-0.1, -0.05) is 29.3 Å². The lowest BCUT2D eigenvalue weighted by Gasteiger charge is -2.23. The largest absolute Gasteiger partial charge is 0.356 e. The van der Waals surface area contributed by atoms with Gasteiger partial charge in [-0.15, -0.1) is 0 Å². The quantitative estimate of drug-likeness (QED) is 0.390. The number of benzene rings is 2. The molecule has 4 rings (SSSR count). The number of fused-ring (bicyclic) bond motifs is 1. The van der Waals surface area contributed by atoms with Crippen molar-refractivity contribution >= 4 is 38.6 Å². The molecule has 3 aromatic rings. The molecule has 1 aliphatic heterocycles. The third-order valence-corrected chi connectivity index (χ3v) is 6.83. The first-order valence-corrected chi connectivity index (χ1v) is 12.3. The highest BCUT2D eigenvalue weighted by atomic mass is 79.9. The lowest BCUT2D eigenvalue weighted by molar-refractivity contribution is 0.0951. The number of carbonyl (C=O) groups is 1. The van der Waals surface area contributed by atoms with Gasteiger partial charge in [0.25, 0.3) is 5.91 Å². The van der Waals surface area contributed by atoms with Crippen molar-refractivity contribution in [2.45, 2.75) is 45.4 Å². The topological polar surface area (TPSA) is 45.2 Å². The van der Waals surface area contributed by atoms with Gasteiger partial charge in [0.1, 0.15) is 17.5 Å². The van der Waals surface area contributed by atoms with Crippen LogP contribution >= 0.6 is 15.9 Å². The van der Waals surface area contributed by atoms with Crippen LogP contribution in [-0.2, 0) is 0 Å². The molecule has 0 bridgehead atoms. The molecule has 0 radical (unpaired) electrons. The highest BCUT2D eigenvalue weighted by Gasteiger charge is 2.24. The summed E-state index contributed by atoms with van der Waals surface area (Å²) in [5.74, 6) is -0.622. The van der Waals surface area contributed by atoms with Crippen LogP contribution in [0.25, 0.3) is 10.9 Å². The molecule has 7 heteroatoms. The molecule has 1 fully saturated rings. The molecular weight excluding hydrogens is 488 g/mol. The molecule has 2 aromatic carbocycles. The lowest BCUT2D eigenvalue weighted by atomic mass is 9.93. The summed E-state index contributed by atoms with van der Waals surface area (Å²) in [4.78, 5) is 20.6. The van der Waals surface area contributed by atoms with E-state index in [9.17, 15) is 13.6 Å². The first-order chi connectivity index (χ1) is 15.9. The molecular formula is C26H28BrF2N3O. The van der Waals surface area contributed by atoms with Crippen LogP contribution in [-0.4, -0.2) is 30.5 Å². The second-order valence-corrected chi connectivity index (χ2v) is 9.57. The van der Waals surface area contributed by atoms with Crippen LogP contribution in [0.15, 0.2) is 40.9 Å². The summed E-state index contributed by atoms with van der Waals surface area (Å²) in [5.41, 5.74) is 2.48. The van der Waals surface area contributed by atoms with Gasteiger partial charge in [-0.05, 0) is 68.1 Å². The predicted octanol–water partition coefficient (Wildman–Crippen LogP) is 6.50. The van der Waals surface area contributed by atoms with Crippen molar-refractivity contribution < 1.29 is 13.6 Å². The first-order valence-electron chi connectivity index (χ1n) is 11.5. The third kappa shape index (κ3) is 5.03. The molecule has 0 spiro atoms. The van der Waals surface area contributed by atoms with Crippen molar-refractivity contribution in [2.75, 3.05) is 24.5 Å². The van der Waals surface area contributed by atoms with Crippen LogP contribution in [0.1, 0.15) is 60.0 Å². The SMILES string of the molecule is CCCC(CNC(=O)c1c(C)c(N2CCCC2)nc2ccc(Br)cc12)c1cc(F)ccc1F. The van der Waals surface area contributed by atoms with E-state index in [1.165, 1.54) is 6.07 Å². The van der Waals surface area contributed by atoms with Crippen LogP contribution in [0, 0.1) is 18.6 Å². The highest BCUT2D eigenvalue weighted by molar-refractivity contribution is 9.10. The van der Waals surface area contributed by atoms with Crippen LogP contribution in [0.4, 0.5) is 14.6 Å². The minimum atomic E-state index is -0.477. The van der Waals surface area contributed by atoms with E-state index in [2.05, 4.69) is 26.1 Å². The molecule has 174 valence electrons. The lowest BCUT2D eigenvalue weighted by Crippen LogP contribution is -2.30. The fourth-order valence-corrected chi connectivity index (χ4v) is 5.06. The minimum Gasteiger partial charge on any atom is -0.356 e. The Morgan fingerprint density at radius 2 is 1.94 bits per heavy atom. The Kier molecular flexibility index (Phi) is 7.27. The van der Waals surface area contributed by atoms with Crippen LogP contribution < -0.4 is 10.2 Å². The zero-order chi connectivity index (χ0) is 23.5. The summed E-state index contributed by atoms with van der Waals surface area (Å²) in [6.07, 6.45) is 3.65. The molecule has 1 amide bonds. The van der Waals surface area contributed by atoms with Crippen molar-refractivity contribution in [3.05, 3.63) is 69.2 Å². The van der Waals surface area contributed by atoms with Gasteiger partial charge in [-0.25, -0.2) is 13.8 Å². The average molecular weight is 516 g/mol. The summed E-state index contributed by atoms with van der Waals surface area (Å²) < 4.78 is 29.1. The number of nitrogens with one attached hydrogen (secondary N) is 1. The predicted molar refractivity (Wildman–Crippen MR) is 132 cm³/mol. The highest BCUT2D eigenvalue weighted by Crippen LogP contribution is 2.32. The first kappa shape index (κ1) is 23.6. The number of rotatable bonds is 7. The number of carbonyl (C=O) groups excluding carboxylic acids is 1. The van der Waals surface area contributed by atoms with Crippen LogP contribution in [0.2, 0.25) is 0 Å². The molecule has 1 N–H and O–H groups in total. The van der Waals surface area contributed by atoms with E-state index in [0.29, 0.717) is 17.5 Å². The normalized spacial score (nSPS) is 14.6. The van der Waals surface area contributed by atoms with Gasteiger partial charge in [0.15, 0.2) is 0 Å². The fourth-order valence-electron chi connectivity index (χ4n) is 4.69. The second kappa shape index (κ2) is 10.2. The number of aromatic nitrogens is 1. The average Bonchev–Trinajstić information content (AvgIpc) is 3.32. The zero-order valence-electron chi connectivity index (χ0n) is 18.9. The third-order valence-electron chi connectivity index (χ3n) is 6.34. The van der Waals surface area contributed by atoms with E-state index in [4.69, 9.17) is 4.98 Å². The Bertz CT molecular complexity index is 1180. The molecule has 33 heavy (non-hydrogen) atoms. The van der Waals surface area contributed by atoms with Crippen molar-refractivity contribution in [2.24, 2.45) is 0 Å². The Labute approximate surface area is 201 Å². The Balaban J connectivity index is 1.68. The number of anilines is 1. The number of nitrogens with zero attached hydrogens (tertiary/aromatic N) is 2. The van der Waals surface area contributed by atoms with Crippen LogP contribution in [0.5, 0.6) is 0 Å². The fraction of sp³-hybridized carbons (Fsp3) is 0.385. The number of halogens is 3. The molecule has 2 heterocycles. The minimum absolute atomic E-state index is 0.226. The maximum atomic E-state index is 14.4.